The number of fused-ring (bicyclic) bond motifs is 2. The topological polar surface area (TPSA) is 89.5 Å². The van der Waals surface area contributed by atoms with Gasteiger partial charge in [-0.25, -0.2) is 0 Å². The molecule has 0 saturated carbocycles. The molecule has 0 bridgehead atoms. The summed E-state index contributed by atoms with van der Waals surface area (Å²) in [5, 5.41) is 7.52. The van der Waals surface area contributed by atoms with Crippen LogP contribution in [0.15, 0.2) is 21.5 Å². The fraction of sp³-hybridized carbons (Fsp3) is 0.545. The maximum absolute atomic E-state index is 11.9. The molecule has 2 atom stereocenters. The van der Waals surface area contributed by atoms with Crippen LogP contribution in [0, 0.1) is 0 Å². The normalized spacial score (nSPS) is 18.8. The van der Waals surface area contributed by atoms with Crippen LogP contribution in [0.3, 0.4) is 0 Å². The van der Waals surface area contributed by atoms with E-state index in [1.807, 2.05) is 21.5 Å². The fourth-order valence-corrected chi connectivity index (χ4v) is 4.64. The summed E-state index contributed by atoms with van der Waals surface area (Å²) in [6.07, 6.45) is 3.31. The molecule has 174 valence electrons. The lowest BCUT2D eigenvalue weighted by atomic mass is 10.1. The van der Waals surface area contributed by atoms with Crippen molar-refractivity contribution in [1.29, 1.82) is 0 Å². The van der Waals surface area contributed by atoms with E-state index in [0.29, 0.717) is 37.6 Å². The summed E-state index contributed by atoms with van der Waals surface area (Å²) in [5.41, 5.74) is 0. The minimum absolute atomic E-state index is 0.184. The average molecular weight is 483 g/mol. The van der Waals surface area contributed by atoms with Crippen molar-refractivity contribution in [3.8, 4) is 23.0 Å². The van der Waals surface area contributed by atoms with Crippen molar-refractivity contribution in [2.24, 2.45) is 0 Å². The van der Waals surface area contributed by atoms with E-state index in [-0.39, 0.29) is 37.4 Å². The molecule has 0 saturated heterocycles. The molecule has 2 aliphatic rings. The molecule has 2 aromatic rings. The number of unbranched alkanes of at least 4 members (excludes halogenated alkanes) is 3. The molecule has 0 amide bonds. The van der Waals surface area contributed by atoms with Crippen LogP contribution in [0.5, 0.6) is 23.0 Å². The van der Waals surface area contributed by atoms with E-state index in [9.17, 15) is 9.59 Å². The molecular weight excluding hydrogens is 456 g/mol. The van der Waals surface area contributed by atoms with E-state index in [1.54, 1.807) is 0 Å². The number of hydrogen-bond donors (Lipinski definition) is 0. The number of carbonyl (C=O) groups is 2. The summed E-state index contributed by atoms with van der Waals surface area (Å²) < 4.78 is 33.1. The second-order valence-corrected chi connectivity index (χ2v) is 9.07. The highest BCUT2D eigenvalue weighted by Crippen LogP contribution is 2.36. The standard InChI is InChI=1S/C22H26O8S2/c23-21(27-9-15-7-25-17-11-31-13-19(17)29-15)5-3-1-2-4-6-22(24)28-10-16-8-26-18-12-32-14-20(18)30-16/h11-16H,1-10H2. The molecule has 2 aliphatic heterocycles. The second kappa shape index (κ2) is 11.4. The van der Waals surface area contributed by atoms with Gasteiger partial charge >= 0.3 is 11.9 Å². The lowest BCUT2D eigenvalue weighted by molar-refractivity contribution is -0.148. The predicted octanol–water partition coefficient (Wildman–Crippen LogP) is 4.22. The van der Waals surface area contributed by atoms with Gasteiger partial charge in [-0.05, 0) is 12.8 Å². The van der Waals surface area contributed by atoms with Crippen molar-refractivity contribution in [2.45, 2.75) is 50.7 Å². The zero-order valence-corrected chi connectivity index (χ0v) is 19.3. The number of rotatable bonds is 11. The Morgan fingerprint density at radius 3 is 1.62 bits per heavy atom. The van der Waals surface area contributed by atoms with Gasteiger partial charge in [0.15, 0.2) is 35.2 Å². The lowest BCUT2D eigenvalue weighted by Gasteiger charge is -2.24. The van der Waals surface area contributed by atoms with Gasteiger partial charge in [0.2, 0.25) is 0 Å². The molecule has 0 aliphatic carbocycles. The molecule has 0 N–H and O–H groups in total. The summed E-state index contributed by atoms with van der Waals surface area (Å²) in [4.78, 5) is 23.8. The Balaban J connectivity index is 0.984. The minimum Gasteiger partial charge on any atom is -0.485 e. The van der Waals surface area contributed by atoms with Gasteiger partial charge < -0.3 is 28.4 Å². The fourth-order valence-electron chi connectivity index (χ4n) is 3.29. The Kier molecular flexibility index (Phi) is 8.11. The number of thiophene rings is 2. The van der Waals surface area contributed by atoms with Gasteiger partial charge in [0.05, 0.1) is 0 Å². The zero-order valence-electron chi connectivity index (χ0n) is 17.6. The van der Waals surface area contributed by atoms with Crippen molar-refractivity contribution in [2.75, 3.05) is 26.4 Å². The number of carbonyl (C=O) groups excluding carboxylic acids is 2. The predicted molar refractivity (Wildman–Crippen MR) is 118 cm³/mol. The molecule has 2 unspecified atom stereocenters. The first-order valence-corrected chi connectivity index (χ1v) is 12.6. The first kappa shape index (κ1) is 22.7. The SMILES string of the molecule is O=C(CCCCCCC(=O)OCC1COc2cscc2O1)OCC1COc2cscc2O1. The Morgan fingerprint density at radius 2 is 1.16 bits per heavy atom. The largest absolute Gasteiger partial charge is 0.485 e. The van der Waals surface area contributed by atoms with Crippen molar-refractivity contribution in [3.63, 3.8) is 0 Å². The van der Waals surface area contributed by atoms with Crippen LogP contribution in [0.4, 0.5) is 0 Å². The van der Waals surface area contributed by atoms with Gasteiger partial charge in [0, 0.05) is 34.4 Å². The summed E-state index contributed by atoms with van der Waals surface area (Å²) in [6, 6.07) is 0. The molecule has 0 spiro atoms. The maximum Gasteiger partial charge on any atom is 0.305 e. The number of hydrogen-bond acceptors (Lipinski definition) is 10. The highest BCUT2D eigenvalue weighted by molar-refractivity contribution is 7.08. The van der Waals surface area contributed by atoms with Crippen molar-refractivity contribution < 1.29 is 38.0 Å². The van der Waals surface area contributed by atoms with Crippen LogP contribution in [0.1, 0.15) is 38.5 Å². The van der Waals surface area contributed by atoms with Gasteiger partial charge in [0.1, 0.15) is 26.4 Å². The van der Waals surface area contributed by atoms with E-state index >= 15 is 0 Å². The minimum atomic E-state index is -0.273. The average Bonchev–Trinajstić information content (AvgIpc) is 3.47. The quantitative estimate of drug-likeness (QED) is 0.347. The zero-order chi connectivity index (χ0) is 22.2. The maximum atomic E-state index is 11.9. The molecule has 2 aromatic heterocycles. The Bertz CT molecular complexity index is 820. The first-order valence-electron chi connectivity index (χ1n) is 10.7. The van der Waals surface area contributed by atoms with Gasteiger partial charge in [0.25, 0.3) is 0 Å². The third kappa shape index (κ3) is 6.52. The van der Waals surface area contributed by atoms with Crippen LogP contribution >= 0.6 is 22.7 Å². The Morgan fingerprint density at radius 1 is 0.719 bits per heavy atom. The Labute approximate surface area is 194 Å². The number of esters is 2. The summed E-state index contributed by atoms with van der Waals surface area (Å²) >= 11 is 3.02. The highest BCUT2D eigenvalue weighted by atomic mass is 32.1. The summed E-state index contributed by atoms with van der Waals surface area (Å²) in [5.74, 6) is 2.42. The summed E-state index contributed by atoms with van der Waals surface area (Å²) in [7, 11) is 0. The molecule has 0 radical (unpaired) electrons. The van der Waals surface area contributed by atoms with Gasteiger partial charge in [-0.2, -0.15) is 0 Å². The molecule has 0 aromatic carbocycles. The van der Waals surface area contributed by atoms with E-state index in [2.05, 4.69) is 0 Å². The van der Waals surface area contributed by atoms with Crippen LogP contribution in [0.2, 0.25) is 0 Å². The molecule has 8 nitrogen and oxygen atoms in total. The van der Waals surface area contributed by atoms with E-state index < -0.39 is 0 Å². The Hall–Kier alpha value is -2.46. The van der Waals surface area contributed by atoms with Gasteiger partial charge in [-0.1, -0.05) is 12.8 Å². The highest BCUT2D eigenvalue weighted by Gasteiger charge is 2.24. The van der Waals surface area contributed by atoms with Crippen molar-refractivity contribution in [3.05, 3.63) is 21.5 Å². The number of ether oxygens (including phenoxy) is 6. The van der Waals surface area contributed by atoms with Crippen LogP contribution in [0.25, 0.3) is 0 Å². The summed E-state index contributed by atoms with van der Waals surface area (Å²) in [6.45, 7) is 1.12. The third-order valence-electron chi connectivity index (χ3n) is 4.99. The van der Waals surface area contributed by atoms with E-state index in [4.69, 9.17) is 28.4 Å². The molecule has 0 fully saturated rings. The van der Waals surface area contributed by atoms with Gasteiger partial charge in [-0.3, -0.25) is 9.59 Å². The van der Waals surface area contributed by atoms with E-state index in [1.165, 1.54) is 22.7 Å². The van der Waals surface area contributed by atoms with Crippen LogP contribution < -0.4 is 18.9 Å². The molecule has 4 heterocycles. The van der Waals surface area contributed by atoms with E-state index in [0.717, 1.165) is 37.2 Å². The molecular formula is C22H26O8S2. The first-order chi connectivity index (χ1) is 15.7. The molecule has 4 rings (SSSR count). The van der Waals surface area contributed by atoms with Crippen LogP contribution in [-0.2, 0) is 19.1 Å². The van der Waals surface area contributed by atoms with Crippen molar-refractivity contribution in [1.82, 2.24) is 0 Å². The van der Waals surface area contributed by atoms with Gasteiger partial charge in [-0.15, -0.1) is 22.7 Å². The molecule has 10 heteroatoms. The lowest BCUT2D eigenvalue weighted by Crippen LogP contribution is -2.33. The smallest absolute Gasteiger partial charge is 0.305 e. The van der Waals surface area contributed by atoms with Crippen molar-refractivity contribution >= 4 is 34.6 Å². The van der Waals surface area contributed by atoms with Crippen LogP contribution in [-0.4, -0.2) is 50.6 Å². The third-order valence-corrected chi connectivity index (χ3v) is 6.40. The molecule has 32 heavy (non-hydrogen) atoms. The second-order valence-electron chi connectivity index (χ2n) is 7.58. The monoisotopic (exact) mass is 482 g/mol.